The third-order valence-electron chi connectivity index (χ3n) is 2.16. The summed E-state index contributed by atoms with van der Waals surface area (Å²) < 4.78 is 6.09. The van der Waals surface area contributed by atoms with Crippen LogP contribution in [-0.2, 0) is 0 Å². The van der Waals surface area contributed by atoms with Crippen molar-refractivity contribution in [2.45, 2.75) is 19.4 Å². The number of nitrogens with zero attached hydrogens (tertiary/aromatic N) is 1. The van der Waals surface area contributed by atoms with Crippen molar-refractivity contribution in [1.29, 1.82) is 0 Å². The van der Waals surface area contributed by atoms with Crippen LogP contribution in [0.5, 0.6) is 5.75 Å². The van der Waals surface area contributed by atoms with Gasteiger partial charge in [0.1, 0.15) is 11.6 Å². The zero-order valence-corrected chi connectivity index (χ0v) is 11.4. The van der Waals surface area contributed by atoms with E-state index in [1.165, 1.54) is 0 Å². The van der Waals surface area contributed by atoms with Crippen molar-refractivity contribution in [3.63, 3.8) is 0 Å². The van der Waals surface area contributed by atoms with Crippen LogP contribution in [0, 0.1) is 0 Å². The summed E-state index contributed by atoms with van der Waals surface area (Å²) in [5.74, 6) is 0.963. The summed E-state index contributed by atoms with van der Waals surface area (Å²) in [4.78, 5) is 0. The number of oxime groups is 1. The minimum absolute atomic E-state index is 0.0601. The van der Waals surface area contributed by atoms with E-state index in [0.717, 1.165) is 15.9 Å². The summed E-state index contributed by atoms with van der Waals surface area (Å²) in [7, 11) is 1.62. The molecular weight excluding hydrogens is 286 g/mol. The smallest absolute Gasteiger partial charge is 0.141 e. The molecule has 0 aliphatic rings. The maximum Gasteiger partial charge on any atom is 0.141 e. The third kappa shape index (κ3) is 4.52. The van der Waals surface area contributed by atoms with E-state index in [0.29, 0.717) is 6.42 Å². The van der Waals surface area contributed by atoms with Crippen molar-refractivity contribution < 1.29 is 9.94 Å². The van der Waals surface area contributed by atoms with Gasteiger partial charge in [-0.15, -0.1) is 0 Å². The van der Waals surface area contributed by atoms with Crippen molar-refractivity contribution in [2.75, 3.05) is 12.4 Å². The molecule has 0 aromatic heterocycles. The van der Waals surface area contributed by atoms with Crippen LogP contribution < -0.4 is 15.8 Å². The number of nitrogens with two attached hydrogens (primary N) is 1. The lowest BCUT2D eigenvalue weighted by Gasteiger charge is -2.15. The van der Waals surface area contributed by atoms with Gasteiger partial charge < -0.3 is 21.0 Å². The monoisotopic (exact) mass is 301 g/mol. The molecule has 0 heterocycles. The maximum atomic E-state index is 8.48. The second-order valence-electron chi connectivity index (χ2n) is 3.72. The summed E-state index contributed by atoms with van der Waals surface area (Å²) in [6.45, 7) is 1.95. The first-order valence-electron chi connectivity index (χ1n) is 5.12. The van der Waals surface area contributed by atoms with Crippen molar-refractivity contribution in [3.05, 3.63) is 22.7 Å². The number of nitrogens with one attached hydrogen (secondary N) is 1. The Bertz CT molecular complexity index is 410. The minimum atomic E-state index is 0.0601. The predicted octanol–water partition coefficient (Wildman–Crippen LogP) is 2.39. The molecule has 0 aliphatic carbocycles. The lowest BCUT2D eigenvalue weighted by molar-refractivity contribution is 0.316. The van der Waals surface area contributed by atoms with Gasteiger partial charge in [-0.1, -0.05) is 21.1 Å². The Morgan fingerprint density at radius 1 is 1.59 bits per heavy atom. The van der Waals surface area contributed by atoms with Crippen LogP contribution in [0.4, 0.5) is 5.69 Å². The lowest BCUT2D eigenvalue weighted by atomic mass is 10.2. The number of hydrogen-bond donors (Lipinski definition) is 3. The van der Waals surface area contributed by atoms with Crippen LogP contribution >= 0.6 is 15.9 Å². The van der Waals surface area contributed by atoms with Gasteiger partial charge in [-0.3, -0.25) is 0 Å². The first-order valence-corrected chi connectivity index (χ1v) is 5.92. The van der Waals surface area contributed by atoms with E-state index in [1.54, 1.807) is 7.11 Å². The van der Waals surface area contributed by atoms with E-state index in [4.69, 9.17) is 15.7 Å². The molecule has 6 heteroatoms. The number of rotatable bonds is 5. The molecule has 1 rings (SSSR count). The molecule has 4 N–H and O–H groups in total. The summed E-state index contributed by atoms with van der Waals surface area (Å²) in [6, 6.07) is 5.75. The molecule has 0 aliphatic heterocycles. The van der Waals surface area contributed by atoms with Gasteiger partial charge in [0, 0.05) is 28.7 Å². The lowest BCUT2D eigenvalue weighted by Crippen LogP contribution is -2.24. The Labute approximate surface area is 109 Å². The summed E-state index contributed by atoms with van der Waals surface area (Å²) in [5.41, 5.74) is 6.35. The van der Waals surface area contributed by atoms with Crippen LogP contribution in [-0.4, -0.2) is 24.2 Å². The number of methoxy groups -OCH3 is 1. The number of hydrogen-bond acceptors (Lipinski definition) is 4. The van der Waals surface area contributed by atoms with Crippen LogP contribution in [0.25, 0.3) is 0 Å². The average molecular weight is 302 g/mol. The Kier molecular flexibility index (Phi) is 5.09. The van der Waals surface area contributed by atoms with Gasteiger partial charge in [0.25, 0.3) is 0 Å². The molecule has 0 saturated carbocycles. The first-order chi connectivity index (χ1) is 8.05. The topological polar surface area (TPSA) is 79.9 Å². The van der Waals surface area contributed by atoms with Crippen molar-refractivity contribution in [2.24, 2.45) is 10.9 Å². The number of ether oxygens (including phenoxy) is 1. The third-order valence-corrected chi connectivity index (χ3v) is 2.62. The minimum Gasteiger partial charge on any atom is -0.497 e. The number of benzene rings is 1. The van der Waals surface area contributed by atoms with Crippen molar-refractivity contribution >= 4 is 27.5 Å². The van der Waals surface area contributed by atoms with Gasteiger partial charge in [0.2, 0.25) is 0 Å². The summed E-state index contributed by atoms with van der Waals surface area (Å²) >= 11 is 3.40. The van der Waals surface area contributed by atoms with Gasteiger partial charge in [-0.2, -0.15) is 0 Å². The van der Waals surface area contributed by atoms with E-state index in [1.807, 2.05) is 25.1 Å². The molecular formula is C11H16BrN3O2. The standard InChI is InChI=1S/C11H16BrN3O2/c1-7(3-11(13)15-16)14-9-4-8(12)5-10(6-9)17-2/h4-7,14,16H,3H2,1-2H3,(H2,13,15). The van der Waals surface area contributed by atoms with E-state index < -0.39 is 0 Å². The number of anilines is 1. The van der Waals surface area contributed by atoms with E-state index >= 15 is 0 Å². The van der Waals surface area contributed by atoms with Gasteiger partial charge in [0.05, 0.1) is 7.11 Å². The van der Waals surface area contributed by atoms with Crippen molar-refractivity contribution in [1.82, 2.24) is 0 Å². The zero-order chi connectivity index (χ0) is 12.8. The molecule has 17 heavy (non-hydrogen) atoms. The zero-order valence-electron chi connectivity index (χ0n) is 9.77. The summed E-state index contributed by atoms with van der Waals surface area (Å²) in [6.07, 6.45) is 0.464. The molecule has 1 unspecified atom stereocenters. The fourth-order valence-electron chi connectivity index (χ4n) is 1.45. The van der Waals surface area contributed by atoms with E-state index in [2.05, 4.69) is 26.4 Å². The SMILES string of the molecule is COc1cc(Br)cc(NC(C)C/C(N)=N/O)c1. The second kappa shape index (κ2) is 6.34. The molecule has 0 radical (unpaired) electrons. The highest BCUT2D eigenvalue weighted by Crippen LogP contribution is 2.25. The highest BCUT2D eigenvalue weighted by Gasteiger charge is 2.06. The highest BCUT2D eigenvalue weighted by molar-refractivity contribution is 9.10. The van der Waals surface area contributed by atoms with Gasteiger partial charge in [-0.05, 0) is 19.1 Å². The molecule has 1 atom stereocenters. The molecule has 0 amide bonds. The summed E-state index contributed by atoms with van der Waals surface area (Å²) in [5, 5.41) is 14.7. The quantitative estimate of drug-likeness (QED) is 0.338. The fourth-order valence-corrected chi connectivity index (χ4v) is 1.93. The van der Waals surface area contributed by atoms with Crippen LogP contribution in [0.3, 0.4) is 0 Å². The fraction of sp³-hybridized carbons (Fsp3) is 0.364. The van der Waals surface area contributed by atoms with Gasteiger partial charge in [0.15, 0.2) is 0 Å². The Hall–Kier alpha value is -1.43. The molecule has 1 aromatic rings. The Balaban J connectivity index is 2.70. The van der Waals surface area contributed by atoms with Gasteiger partial charge in [-0.25, -0.2) is 0 Å². The molecule has 0 bridgehead atoms. The van der Waals surface area contributed by atoms with Crippen LogP contribution in [0.1, 0.15) is 13.3 Å². The normalized spacial score (nSPS) is 13.2. The van der Waals surface area contributed by atoms with E-state index in [-0.39, 0.29) is 11.9 Å². The first kappa shape index (κ1) is 13.6. The van der Waals surface area contributed by atoms with E-state index in [9.17, 15) is 0 Å². The molecule has 94 valence electrons. The Morgan fingerprint density at radius 3 is 2.88 bits per heavy atom. The van der Waals surface area contributed by atoms with Crippen molar-refractivity contribution in [3.8, 4) is 5.75 Å². The molecule has 0 spiro atoms. The molecule has 0 fully saturated rings. The maximum absolute atomic E-state index is 8.48. The van der Waals surface area contributed by atoms with Crippen LogP contribution in [0.2, 0.25) is 0 Å². The predicted molar refractivity (Wildman–Crippen MR) is 71.8 cm³/mol. The molecule has 0 saturated heterocycles. The molecule has 5 nitrogen and oxygen atoms in total. The number of amidine groups is 1. The average Bonchev–Trinajstić information content (AvgIpc) is 2.27. The Morgan fingerprint density at radius 2 is 2.29 bits per heavy atom. The van der Waals surface area contributed by atoms with Gasteiger partial charge >= 0.3 is 0 Å². The van der Waals surface area contributed by atoms with Crippen LogP contribution in [0.15, 0.2) is 27.8 Å². The largest absolute Gasteiger partial charge is 0.497 e. The molecule has 1 aromatic carbocycles. The highest BCUT2D eigenvalue weighted by atomic mass is 79.9. The second-order valence-corrected chi connectivity index (χ2v) is 4.64. The number of halogens is 1.